The summed E-state index contributed by atoms with van der Waals surface area (Å²) in [4.78, 5) is 34.0. The lowest BCUT2D eigenvalue weighted by Crippen LogP contribution is -2.27. The van der Waals surface area contributed by atoms with Gasteiger partial charge in [0.15, 0.2) is 5.76 Å². The quantitative estimate of drug-likeness (QED) is 0.532. The molecular weight excluding hydrogens is 384 g/mol. The standard InChI is InChI=1S/C22H18N4O4/c1-29-19-12-20(27)26(15-6-3-2-4-7-15)14-16(19)22(28)25-13-17-21(24-10-9-23-17)18-8-5-11-30-18/h2-12,14H,13H2,1H3,(H,25,28). The van der Waals surface area contributed by atoms with Crippen molar-refractivity contribution >= 4 is 5.91 Å². The summed E-state index contributed by atoms with van der Waals surface area (Å²) in [6, 6.07) is 13.9. The Labute approximate surface area is 171 Å². The van der Waals surface area contributed by atoms with E-state index in [1.807, 2.05) is 18.2 Å². The molecule has 0 aliphatic heterocycles. The van der Waals surface area contributed by atoms with E-state index in [1.165, 1.54) is 23.9 Å². The molecule has 0 radical (unpaired) electrons. The molecule has 0 fully saturated rings. The number of pyridine rings is 1. The number of ether oxygens (including phenoxy) is 1. The zero-order valence-electron chi connectivity index (χ0n) is 16.1. The third kappa shape index (κ3) is 3.83. The molecule has 0 saturated carbocycles. The fourth-order valence-electron chi connectivity index (χ4n) is 3.02. The van der Waals surface area contributed by atoms with Crippen LogP contribution in [0.1, 0.15) is 16.1 Å². The second-order valence-corrected chi connectivity index (χ2v) is 6.31. The topological polar surface area (TPSA) is 99.2 Å². The normalized spacial score (nSPS) is 10.6. The molecule has 4 aromatic rings. The van der Waals surface area contributed by atoms with Crippen LogP contribution >= 0.6 is 0 Å². The molecule has 0 aliphatic rings. The Bertz CT molecular complexity index is 1220. The Morgan fingerprint density at radius 2 is 1.93 bits per heavy atom. The summed E-state index contributed by atoms with van der Waals surface area (Å²) < 4.78 is 12.0. The van der Waals surface area contributed by atoms with Crippen LogP contribution in [-0.2, 0) is 6.54 Å². The Hall–Kier alpha value is -4.20. The maximum atomic E-state index is 12.9. The van der Waals surface area contributed by atoms with Gasteiger partial charge in [-0.3, -0.25) is 19.1 Å². The molecule has 1 amide bonds. The summed E-state index contributed by atoms with van der Waals surface area (Å²) in [6.07, 6.45) is 6.12. The van der Waals surface area contributed by atoms with Crippen LogP contribution in [0.25, 0.3) is 17.1 Å². The summed E-state index contributed by atoms with van der Waals surface area (Å²) in [5.74, 6) is 0.338. The summed E-state index contributed by atoms with van der Waals surface area (Å²) in [5, 5.41) is 2.81. The van der Waals surface area contributed by atoms with Crippen molar-refractivity contribution in [3.63, 3.8) is 0 Å². The Kier molecular flexibility index (Phi) is 5.38. The second-order valence-electron chi connectivity index (χ2n) is 6.31. The first kappa shape index (κ1) is 19.1. The minimum Gasteiger partial charge on any atom is -0.496 e. The third-order valence-corrected chi connectivity index (χ3v) is 4.46. The number of aromatic nitrogens is 3. The first-order valence-corrected chi connectivity index (χ1v) is 9.15. The number of carbonyl (C=O) groups is 1. The zero-order chi connectivity index (χ0) is 20.9. The fraction of sp³-hybridized carbons (Fsp3) is 0.0909. The number of nitrogens with one attached hydrogen (secondary N) is 1. The van der Waals surface area contributed by atoms with Gasteiger partial charge in [-0.1, -0.05) is 18.2 Å². The monoisotopic (exact) mass is 402 g/mol. The van der Waals surface area contributed by atoms with E-state index in [0.29, 0.717) is 22.8 Å². The summed E-state index contributed by atoms with van der Waals surface area (Å²) in [7, 11) is 1.41. The molecule has 3 heterocycles. The van der Waals surface area contributed by atoms with Gasteiger partial charge in [-0.05, 0) is 24.3 Å². The van der Waals surface area contributed by atoms with Crippen LogP contribution in [0, 0.1) is 0 Å². The van der Waals surface area contributed by atoms with E-state index < -0.39 is 5.91 Å². The molecule has 0 atom stereocenters. The molecule has 0 spiro atoms. The Morgan fingerprint density at radius 1 is 1.13 bits per heavy atom. The van der Waals surface area contributed by atoms with Crippen molar-refractivity contribution in [2.24, 2.45) is 0 Å². The average molecular weight is 402 g/mol. The van der Waals surface area contributed by atoms with Crippen LogP contribution in [0.3, 0.4) is 0 Å². The Balaban J connectivity index is 1.62. The molecule has 8 heteroatoms. The van der Waals surface area contributed by atoms with Crippen molar-refractivity contribution in [1.82, 2.24) is 19.9 Å². The highest BCUT2D eigenvalue weighted by molar-refractivity contribution is 5.96. The van der Waals surface area contributed by atoms with Gasteiger partial charge in [-0.2, -0.15) is 0 Å². The van der Waals surface area contributed by atoms with Gasteiger partial charge in [0.1, 0.15) is 11.4 Å². The predicted molar refractivity (Wildman–Crippen MR) is 109 cm³/mol. The van der Waals surface area contributed by atoms with Gasteiger partial charge in [0, 0.05) is 30.3 Å². The number of carbonyl (C=O) groups excluding carboxylic acids is 1. The van der Waals surface area contributed by atoms with Crippen LogP contribution in [0.2, 0.25) is 0 Å². The number of para-hydroxylation sites is 1. The zero-order valence-corrected chi connectivity index (χ0v) is 16.1. The molecule has 4 rings (SSSR count). The van der Waals surface area contributed by atoms with E-state index in [0.717, 1.165) is 0 Å². The van der Waals surface area contributed by atoms with Gasteiger partial charge in [0.25, 0.3) is 11.5 Å². The minimum atomic E-state index is -0.410. The number of nitrogens with zero attached hydrogens (tertiary/aromatic N) is 3. The summed E-state index contributed by atoms with van der Waals surface area (Å²) in [5.41, 5.74) is 1.67. The predicted octanol–water partition coefficient (Wildman–Crippen LogP) is 2.83. The van der Waals surface area contributed by atoms with Gasteiger partial charge in [-0.15, -0.1) is 0 Å². The van der Waals surface area contributed by atoms with Crippen LogP contribution in [0.4, 0.5) is 0 Å². The maximum absolute atomic E-state index is 12.9. The number of benzene rings is 1. The van der Waals surface area contributed by atoms with E-state index in [4.69, 9.17) is 9.15 Å². The van der Waals surface area contributed by atoms with Crippen molar-refractivity contribution in [3.05, 3.63) is 95.0 Å². The van der Waals surface area contributed by atoms with E-state index in [9.17, 15) is 9.59 Å². The van der Waals surface area contributed by atoms with Crippen molar-refractivity contribution < 1.29 is 13.9 Å². The molecule has 0 bridgehead atoms. The van der Waals surface area contributed by atoms with Gasteiger partial charge in [0.2, 0.25) is 0 Å². The van der Waals surface area contributed by atoms with Gasteiger partial charge in [0.05, 0.1) is 31.2 Å². The van der Waals surface area contributed by atoms with Crippen LogP contribution in [0.5, 0.6) is 5.75 Å². The smallest absolute Gasteiger partial charge is 0.258 e. The molecular formula is C22H18N4O4. The van der Waals surface area contributed by atoms with Crippen molar-refractivity contribution in [3.8, 4) is 22.9 Å². The van der Waals surface area contributed by atoms with Crippen molar-refractivity contribution in [1.29, 1.82) is 0 Å². The van der Waals surface area contributed by atoms with Crippen molar-refractivity contribution in [2.75, 3.05) is 7.11 Å². The first-order chi connectivity index (χ1) is 14.7. The van der Waals surface area contributed by atoms with Crippen LogP contribution in [0.15, 0.2) is 82.6 Å². The molecule has 30 heavy (non-hydrogen) atoms. The van der Waals surface area contributed by atoms with Gasteiger partial charge < -0.3 is 14.5 Å². The fourth-order valence-corrected chi connectivity index (χ4v) is 3.02. The number of furan rings is 1. The average Bonchev–Trinajstić information content (AvgIpc) is 3.33. The molecule has 3 aromatic heterocycles. The molecule has 1 N–H and O–H groups in total. The first-order valence-electron chi connectivity index (χ1n) is 9.15. The van der Waals surface area contributed by atoms with Crippen LogP contribution < -0.4 is 15.6 Å². The molecule has 0 saturated heterocycles. The summed E-state index contributed by atoms with van der Waals surface area (Å²) in [6.45, 7) is 0.121. The lowest BCUT2D eigenvalue weighted by atomic mass is 10.2. The van der Waals surface area contributed by atoms with E-state index in [2.05, 4.69) is 15.3 Å². The SMILES string of the molecule is COc1cc(=O)n(-c2ccccc2)cc1C(=O)NCc1nccnc1-c1ccco1. The third-order valence-electron chi connectivity index (χ3n) is 4.46. The number of hydrogen-bond donors (Lipinski definition) is 1. The lowest BCUT2D eigenvalue weighted by molar-refractivity contribution is 0.0946. The van der Waals surface area contributed by atoms with E-state index >= 15 is 0 Å². The van der Waals surface area contributed by atoms with E-state index in [-0.39, 0.29) is 23.4 Å². The highest BCUT2D eigenvalue weighted by Crippen LogP contribution is 2.21. The largest absolute Gasteiger partial charge is 0.496 e. The van der Waals surface area contributed by atoms with E-state index in [1.54, 1.807) is 42.9 Å². The molecule has 8 nitrogen and oxygen atoms in total. The van der Waals surface area contributed by atoms with Crippen LogP contribution in [-0.4, -0.2) is 27.6 Å². The second kappa shape index (κ2) is 8.44. The number of rotatable bonds is 6. The molecule has 0 aliphatic carbocycles. The van der Waals surface area contributed by atoms with Crippen molar-refractivity contribution in [2.45, 2.75) is 6.54 Å². The highest BCUT2D eigenvalue weighted by atomic mass is 16.5. The van der Waals surface area contributed by atoms with Gasteiger partial charge in [-0.25, -0.2) is 4.98 Å². The lowest BCUT2D eigenvalue weighted by Gasteiger charge is -2.13. The Morgan fingerprint density at radius 3 is 2.67 bits per heavy atom. The molecule has 150 valence electrons. The number of hydrogen-bond acceptors (Lipinski definition) is 6. The number of amides is 1. The molecule has 1 aromatic carbocycles. The highest BCUT2D eigenvalue weighted by Gasteiger charge is 2.17. The summed E-state index contributed by atoms with van der Waals surface area (Å²) >= 11 is 0. The minimum absolute atomic E-state index is 0.121. The maximum Gasteiger partial charge on any atom is 0.258 e. The van der Waals surface area contributed by atoms with Gasteiger partial charge >= 0.3 is 0 Å². The molecule has 0 unspecified atom stereocenters. The number of methoxy groups -OCH3 is 1.